The fourth-order valence-electron chi connectivity index (χ4n) is 2.24. The number of rotatable bonds is 5. The van der Waals surface area contributed by atoms with Gasteiger partial charge in [-0.25, -0.2) is 18.1 Å². The molecule has 0 aliphatic carbocycles. The standard InChI is InChI=1S/C11H18F3N5O2S/c1-18-7-10(16-8-18)22(20,21)17-6-9(11(12,13)14)19-4-2-15-3-5-19/h7-9,15,17H,2-6H2,1H3. The topological polar surface area (TPSA) is 79.3 Å². The molecular formula is C11H18F3N5O2S. The summed E-state index contributed by atoms with van der Waals surface area (Å²) < 4.78 is 66.9. The highest BCUT2D eigenvalue weighted by molar-refractivity contribution is 7.89. The van der Waals surface area contributed by atoms with Crippen molar-refractivity contribution in [3.63, 3.8) is 0 Å². The number of piperazine rings is 1. The molecule has 126 valence electrons. The van der Waals surface area contributed by atoms with E-state index in [4.69, 9.17) is 0 Å². The first-order chi connectivity index (χ1) is 10.2. The Morgan fingerprint density at radius 3 is 2.55 bits per heavy atom. The molecule has 1 fully saturated rings. The third-order valence-electron chi connectivity index (χ3n) is 3.39. The van der Waals surface area contributed by atoms with E-state index in [1.54, 1.807) is 7.05 Å². The van der Waals surface area contributed by atoms with Gasteiger partial charge < -0.3 is 9.88 Å². The van der Waals surface area contributed by atoms with E-state index in [1.807, 2.05) is 4.72 Å². The van der Waals surface area contributed by atoms with Crippen LogP contribution in [0.25, 0.3) is 0 Å². The van der Waals surface area contributed by atoms with Crippen molar-refractivity contribution < 1.29 is 21.6 Å². The van der Waals surface area contributed by atoms with Crippen LogP contribution in [0.1, 0.15) is 0 Å². The van der Waals surface area contributed by atoms with Gasteiger partial charge in [-0.1, -0.05) is 0 Å². The van der Waals surface area contributed by atoms with Crippen LogP contribution in [0.5, 0.6) is 0 Å². The Bertz CT molecular complexity index is 595. The average molecular weight is 341 g/mol. The second-order valence-electron chi connectivity index (χ2n) is 5.07. The zero-order valence-electron chi connectivity index (χ0n) is 12.0. The normalized spacial score (nSPS) is 19.3. The van der Waals surface area contributed by atoms with E-state index < -0.39 is 28.8 Å². The molecule has 2 N–H and O–H groups in total. The molecule has 0 spiro atoms. The van der Waals surface area contributed by atoms with E-state index in [9.17, 15) is 21.6 Å². The van der Waals surface area contributed by atoms with Crippen molar-refractivity contribution in [2.45, 2.75) is 17.2 Å². The minimum atomic E-state index is -4.51. The Labute approximate surface area is 126 Å². The Kier molecular flexibility index (Phi) is 5.10. The van der Waals surface area contributed by atoms with Gasteiger partial charge in [-0.05, 0) is 0 Å². The van der Waals surface area contributed by atoms with Crippen LogP contribution in [0.2, 0.25) is 0 Å². The maximum atomic E-state index is 13.2. The largest absolute Gasteiger partial charge is 0.405 e. The SMILES string of the molecule is Cn1cnc(S(=O)(=O)NCC(N2CCNCC2)C(F)(F)F)c1. The van der Waals surface area contributed by atoms with Crippen LogP contribution < -0.4 is 10.0 Å². The van der Waals surface area contributed by atoms with E-state index in [2.05, 4.69) is 10.3 Å². The van der Waals surface area contributed by atoms with Crippen molar-refractivity contribution in [3.8, 4) is 0 Å². The summed E-state index contributed by atoms with van der Waals surface area (Å²) in [6, 6.07) is -1.85. The van der Waals surface area contributed by atoms with Gasteiger partial charge in [0.1, 0.15) is 6.04 Å². The molecule has 2 rings (SSSR count). The Morgan fingerprint density at radius 1 is 1.41 bits per heavy atom. The molecule has 0 amide bonds. The highest BCUT2D eigenvalue weighted by Crippen LogP contribution is 2.25. The molecule has 1 aliphatic heterocycles. The van der Waals surface area contributed by atoms with Crippen molar-refractivity contribution in [2.75, 3.05) is 32.7 Å². The van der Waals surface area contributed by atoms with E-state index in [-0.39, 0.29) is 18.1 Å². The molecule has 7 nitrogen and oxygen atoms in total. The summed E-state index contributed by atoms with van der Waals surface area (Å²) in [6.07, 6.45) is -2.01. The molecule has 0 radical (unpaired) electrons. The molecule has 0 bridgehead atoms. The van der Waals surface area contributed by atoms with Crippen LogP contribution in [0.3, 0.4) is 0 Å². The van der Waals surface area contributed by atoms with Crippen LogP contribution >= 0.6 is 0 Å². The minimum Gasteiger partial charge on any atom is -0.339 e. The third-order valence-corrected chi connectivity index (χ3v) is 4.70. The highest BCUT2D eigenvalue weighted by atomic mass is 32.2. The zero-order valence-corrected chi connectivity index (χ0v) is 12.8. The molecule has 1 aromatic heterocycles. The monoisotopic (exact) mass is 341 g/mol. The van der Waals surface area contributed by atoms with Gasteiger partial charge >= 0.3 is 6.18 Å². The summed E-state index contributed by atoms with van der Waals surface area (Å²) in [4.78, 5) is 4.88. The zero-order chi connectivity index (χ0) is 16.4. The number of aromatic nitrogens is 2. The summed E-state index contributed by atoms with van der Waals surface area (Å²) >= 11 is 0. The van der Waals surface area contributed by atoms with E-state index in [0.717, 1.165) is 0 Å². The smallest absolute Gasteiger partial charge is 0.339 e. The summed E-state index contributed by atoms with van der Waals surface area (Å²) in [5.74, 6) is 0. The number of alkyl halides is 3. The number of aryl methyl sites for hydroxylation is 1. The first-order valence-corrected chi connectivity index (χ1v) is 8.17. The third kappa shape index (κ3) is 4.18. The molecule has 0 saturated carbocycles. The summed E-state index contributed by atoms with van der Waals surface area (Å²) in [7, 11) is -2.48. The number of imidazole rings is 1. The summed E-state index contributed by atoms with van der Waals surface area (Å²) in [5, 5.41) is 2.67. The molecule has 1 unspecified atom stereocenters. The van der Waals surface area contributed by atoms with Gasteiger partial charge in [-0.2, -0.15) is 13.2 Å². The second-order valence-corrected chi connectivity index (χ2v) is 6.79. The summed E-state index contributed by atoms with van der Waals surface area (Å²) in [5.41, 5.74) is 0. The van der Waals surface area contributed by atoms with Crippen molar-refractivity contribution >= 4 is 10.0 Å². The van der Waals surface area contributed by atoms with Crippen LogP contribution in [-0.4, -0.2) is 67.8 Å². The maximum absolute atomic E-state index is 13.2. The number of nitrogens with one attached hydrogen (secondary N) is 2. The molecule has 1 saturated heterocycles. The van der Waals surface area contributed by atoms with Crippen LogP contribution in [0.15, 0.2) is 17.6 Å². The van der Waals surface area contributed by atoms with Crippen molar-refractivity contribution in [2.24, 2.45) is 7.05 Å². The first kappa shape index (κ1) is 17.2. The molecule has 11 heteroatoms. The van der Waals surface area contributed by atoms with Gasteiger partial charge in [0.25, 0.3) is 10.0 Å². The Balaban J connectivity index is 2.07. The number of nitrogens with zero attached hydrogens (tertiary/aromatic N) is 3. The lowest BCUT2D eigenvalue weighted by atomic mass is 10.2. The van der Waals surface area contributed by atoms with Crippen LogP contribution in [0.4, 0.5) is 13.2 Å². The van der Waals surface area contributed by atoms with Crippen molar-refractivity contribution in [1.29, 1.82) is 0 Å². The van der Waals surface area contributed by atoms with Crippen LogP contribution in [-0.2, 0) is 17.1 Å². The van der Waals surface area contributed by atoms with Gasteiger partial charge in [0.2, 0.25) is 0 Å². The van der Waals surface area contributed by atoms with E-state index >= 15 is 0 Å². The van der Waals surface area contributed by atoms with E-state index in [1.165, 1.54) is 22.0 Å². The number of hydrogen-bond donors (Lipinski definition) is 2. The van der Waals surface area contributed by atoms with Gasteiger partial charge in [0.15, 0.2) is 5.03 Å². The number of halogens is 3. The van der Waals surface area contributed by atoms with Gasteiger partial charge in [0.05, 0.1) is 6.33 Å². The molecule has 2 heterocycles. The fraction of sp³-hybridized carbons (Fsp3) is 0.727. The number of hydrogen-bond acceptors (Lipinski definition) is 5. The fourth-order valence-corrected chi connectivity index (χ4v) is 3.25. The van der Waals surface area contributed by atoms with Gasteiger partial charge in [-0.3, -0.25) is 4.90 Å². The predicted octanol–water partition coefficient (Wildman–Crippen LogP) is -0.465. The van der Waals surface area contributed by atoms with Gasteiger partial charge in [0, 0.05) is 46.0 Å². The molecule has 1 atom stereocenters. The van der Waals surface area contributed by atoms with Crippen molar-refractivity contribution in [3.05, 3.63) is 12.5 Å². The van der Waals surface area contributed by atoms with E-state index in [0.29, 0.717) is 13.1 Å². The van der Waals surface area contributed by atoms with Gasteiger partial charge in [-0.15, -0.1) is 0 Å². The predicted molar refractivity (Wildman–Crippen MR) is 72.7 cm³/mol. The minimum absolute atomic E-state index is 0.218. The molecule has 1 aliphatic rings. The number of sulfonamides is 1. The lowest BCUT2D eigenvalue weighted by Gasteiger charge is -2.35. The average Bonchev–Trinajstić information content (AvgIpc) is 2.86. The maximum Gasteiger partial charge on any atom is 0.405 e. The highest BCUT2D eigenvalue weighted by Gasteiger charge is 2.44. The summed E-state index contributed by atoms with van der Waals surface area (Å²) in [6.45, 7) is 0.590. The first-order valence-electron chi connectivity index (χ1n) is 6.69. The second kappa shape index (κ2) is 6.52. The lowest BCUT2D eigenvalue weighted by molar-refractivity contribution is -0.182. The Morgan fingerprint density at radius 2 is 2.05 bits per heavy atom. The van der Waals surface area contributed by atoms with Crippen molar-refractivity contribution in [1.82, 2.24) is 24.5 Å². The van der Waals surface area contributed by atoms with Crippen LogP contribution in [0, 0.1) is 0 Å². The molecule has 22 heavy (non-hydrogen) atoms. The molecule has 0 aromatic carbocycles. The molecule has 1 aromatic rings. The molecular weight excluding hydrogens is 323 g/mol. The quantitative estimate of drug-likeness (QED) is 0.757. The lowest BCUT2D eigenvalue weighted by Crippen LogP contribution is -2.57. The Hall–Kier alpha value is -1.17.